The largest absolute Gasteiger partial charge is 0.381 e. The number of hydrogen-bond donors (Lipinski definition) is 0. The molecule has 0 bridgehead atoms. The predicted octanol–water partition coefficient (Wildman–Crippen LogP) is 14.6. The topological polar surface area (TPSA) is 9.23 Å². The van der Waals surface area contributed by atoms with Gasteiger partial charge in [0.1, 0.15) is 11.6 Å². The lowest BCUT2D eigenvalue weighted by Crippen LogP contribution is -2.25. The molecule has 3 heteroatoms. The van der Waals surface area contributed by atoms with E-state index in [9.17, 15) is 0 Å². The first-order valence-corrected chi connectivity index (χ1v) is 22.5. The van der Waals surface area contributed by atoms with Crippen LogP contribution >= 0.6 is 0 Å². The van der Waals surface area contributed by atoms with Gasteiger partial charge in [-0.3, -0.25) is 0 Å². The summed E-state index contributed by atoms with van der Waals surface area (Å²) in [4.78, 5) is 0. The summed E-state index contributed by atoms with van der Waals surface area (Å²) < 4.78 is 36.3. The van der Waals surface area contributed by atoms with Crippen molar-refractivity contribution in [2.75, 3.05) is 13.2 Å². The molecule has 53 heavy (non-hydrogen) atoms. The Morgan fingerprint density at radius 1 is 0.509 bits per heavy atom. The molecule has 0 spiro atoms. The molecule has 0 radical (unpaired) electrons. The molecule has 2 aromatic rings. The summed E-state index contributed by atoms with van der Waals surface area (Å²) in [5.74, 6) is 5.92. The van der Waals surface area contributed by atoms with E-state index >= 15 is 8.78 Å². The van der Waals surface area contributed by atoms with Crippen LogP contribution in [0.1, 0.15) is 176 Å². The Bertz CT molecular complexity index is 1300. The molecule has 4 aliphatic rings. The van der Waals surface area contributed by atoms with Gasteiger partial charge in [0.25, 0.3) is 0 Å². The Morgan fingerprint density at radius 2 is 0.868 bits per heavy atom. The third-order valence-corrected chi connectivity index (χ3v) is 14.4. The van der Waals surface area contributed by atoms with Gasteiger partial charge in [-0.2, -0.15) is 0 Å². The van der Waals surface area contributed by atoms with E-state index in [1.165, 1.54) is 140 Å². The smallest absolute Gasteiger partial charge is 0.126 e. The van der Waals surface area contributed by atoms with E-state index in [2.05, 4.69) is 50.3 Å². The average molecular weight is 727 g/mol. The van der Waals surface area contributed by atoms with Crippen LogP contribution in [0.4, 0.5) is 8.78 Å². The third kappa shape index (κ3) is 11.9. The van der Waals surface area contributed by atoms with Crippen molar-refractivity contribution in [2.24, 2.45) is 35.5 Å². The van der Waals surface area contributed by atoms with Crippen LogP contribution in [0.2, 0.25) is 0 Å². The number of unbranched alkanes of at least 4 members (excludes halogenated alkanes) is 2. The highest BCUT2D eigenvalue weighted by molar-refractivity contribution is 5.29. The Labute approximate surface area is 322 Å². The first-order valence-electron chi connectivity index (χ1n) is 22.5. The third-order valence-electron chi connectivity index (χ3n) is 14.4. The zero-order valence-electron chi connectivity index (χ0n) is 33.5. The van der Waals surface area contributed by atoms with Crippen molar-refractivity contribution >= 4 is 0 Å². The zero-order chi connectivity index (χ0) is 36.8. The van der Waals surface area contributed by atoms with Crippen molar-refractivity contribution in [3.05, 3.63) is 94.6 Å². The highest BCUT2D eigenvalue weighted by Crippen LogP contribution is 2.46. The number of allylic oxidation sites excluding steroid dienone is 4. The van der Waals surface area contributed by atoms with Gasteiger partial charge in [-0.05, 0) is 210 Å². The standard InChI is InChI=1S/C50H72F2O/c1-3-5-7-9-37-11-15-39(16-12-37)41-19-23-43(24-20-41)47-29-27-45(49(51)35-47)31-33-53-34-32-46-28-30-48(36-50(46)52)44-25-21-42(22-26-44)40-17-13-38(14-18-40)10-8-6-4-2/h7-10,27-30,35-44H,3-6,11-26,31-34H2,1-2H3/b9-7+,10-8+. The summed E-state index contributed by atoms with van der Waals surface area (Å²) in [6.07, 6.45) is 36.8. The molecule has 0 saturated heterocycles. The van der Waals surface area contributed by atoms with Crippen molar-refractivity contribution < 1.29 is 13.5 Å². The minimum Gasteiger partial charge on any atom is -0.381 e. The van der Waals surface area contributed by atoms with Gasteiger partial charge in [0, 0.05) is 0 Å². The first kappa shape index (κ1) is 40.4. The highest BCUT2D eigenvalue weighted by atomic mass is 19.1. The van der Waals surface area contributed by atoms with Crippen LogP contribution in [0.25, 0.3) is 0 Å². The summed E-state index contributed by atoms with van der Waals surface area (Å²) in [6, 6.07) is 11.9. The zero-order valence-corrected chi connectivity index (χ0v) is 33.5. The van der Waals surface area contributed by atoms with Crippen LogP contribution in [-0.4, -0.2) is 13.2 Å². The van der Waals surface area contributed by atoms with Crippen LogP contribution < -0.4 is 0 Å². The number of ether oxygens (including phenoxy) is 1. The molecule has 0 heterocycles. The lowest BCUT2D eigenvalue weighted by Gasteiger charge is -2.37. The Kier molecular flexibility index (Phi) is 16.1. The molecule has 6 rings (SSSR count). The SMILES string of the molecule is CCC/C=C/C1CCC(C2CCC(c3ccc(CCOCCc4ccc(C5CCC(C6CCC(/C=C/CCC)CC6)CC5)cc4F)c(F)c3)CC2)CC1. The fourth-order valence-corrected chi connectivity index (χ4v) is 10.9. The molecule has 1 nitrogen and oxygen atoms in total. The maximum absolute atomic E-state index is 15.2. The number of halogens is 2. The van der Waals surface area contributed by atoms with Crippen molar-refractivity contribution in [3.63, 3.8) is 0 Å². The van der Waals surface area contributed by atoms with Gasteiger partial charge in [-0.25, -0.2) is 8.78 Å². The first-order chi connectivity index (χ1) is 26.0. The van der Waals surface area contributed by atoms with Gasteiger partial charge in [0.05, 0.1) is 13.2 Å². The van der Waals surface area contributed by atoms with Crippen molar-refractivity contribution in [1.82, 2.24) is 0 Å². The average Bonchev–Trinajstić information content (AvgIpc) is 3.20. The lowest BCUT2D eigenvalue weighted by molar-refractivity contribution is 0.139. The second-order valence-corrected chi connectivity index (χ2v) is 17.8. The van der Waals surface area contributed by atoms with Crippen molar-refractivity contribution in [1.29, 1.82) is 0 Å². The van der Waals surface area contributed by atoms with Gasteiger partial charge in [-0.1, -0.05) is 75.3 Å². The molecular formula is C50H72F2O. The molecule has 4 aliphatic carbocycles. The van der Waals surface area contributed by atoms with E-state index in [1.54, 1.807) is 12.1 Å². The number of rotatable bonds is 16. The van der Waals surface area contributed by atoms with Crippen LogP contribution in [0.3, 0.4) is 0 Å². The molecule has 2 aromatic carbocycles. The van der Waals surface area contributed by atoms with Crippen LogP contribution in [0.15, 0.2) is 60.7 Å². The molecule has 4 saturated carbocycles. The molecule has 0 atom stereocenters. The molecule has 4 fully saturated rings. The normalized spacial score (nSPS) is 30.0. The highest BCUT2D eigenvalue weighted by Gasteiger charge is 2.32. The van der Waals surface area contributed by atoms with Crippen molar-refractivity contribution in [3.8, 4) is 0 Å². The monoisotopic (exact) mass is 727 g/mol. The molecule has 0 amide bonds. The Hall–Kier alpha value is -2.26. The fourth-order valence-electron chi connectivity index (χ4n) is 10.9. The van der Waals surface area contributed by atoms with Crippen LogP contribution in [0, 0.1) is 47.1 Å². The Morgan fingerprint density at radius 3 is 1.21 bits per heavy atom. The molecule has 292 valence electrons. The minimum atomic E-state index is -0.0963. The Balaban J connectivity index is 0.857. The summed E-state index contributed by atoms with van der Waals surface area (Å²) in [5.41, 5.74) is 3.81. The van der Waals surface area contributed by atoms with Crippen LogP contribution in [0.5, 0.6) is 0 Å². The van der Waals surface area contributed by atoms with E-state index in [4.69, 9.17) is 4.74 Å². The second kappa shape index (κ2) is 21.2. The van der Waals surface area contributed by atoms with Gasteiger partial charge < -0.3 is 4.74 Å². The number of hydrogen-bond acceptors (Lipinski definition) is 1. The molecular weight excluding hydrogens is 655 g/mol. The maximum Gasteiger partial charge on any atom is 0.126 e. The summed E-state index contributed by atoms with van der Waals surface area (Å²) >= 11 is 0. The molecule has 0 aromatic heterocycles. The maximum atomic E-state index is 15.2. The molecule has 0 unspecified atom stereocenters. The van der Waals surface area contributed by atoms with Crippen molar-refractivity contribution in [2.45, 2.75) is 167 Å². The van der Waals surface area contributed by atoms with Gasteiger partial charge in [-0.15, -0.1) is 0 Å². The summed E-state index contributed by atoms with van der Waals surface area (Å²) in [7, 11) is 0. The molecule has 0 aliphatic heterocycles. The van der Waals surface area contributed by atoms with Crippen LogP contribution in [-0.2, 0) is 17.6 Å². The van der Waals surface area contributed by atoms with Gasteiger partial charge >= 0.3 is 0 Å². The van der Waals surface area contributed by atoms with E-state index in [-0.39, 0.29) is 11.6 Å². The van der Waals surface area contributed by atoms with E-state index in [1.807, 2.05) is 12.1 Å². The quantitative estimate of drug-likeness (QED) is 0.124. The second-order valence-electron chi connectivity index (χ2n) is 17.8. The van der Waals surface area contributed by atoms with Gasteiger partial charge in [0.2, 0.25) is 0 Å². The van der Waals surface area contributed by atoms with E-state index in [0.717, 1.165) is 46.6 Å². The molecule has 0 N–H and O–H groups in total. The van der Waals surface area contributed by atoms with E-state index < -0.39 is 0 Å². The number of benzene rings is 2. The predicted molar refractivity (Wildman–Crippen MR) is 219 cm³/mol. The lowest BCUT2D eigenvalue weighted by atomic mass is 9.68. The fraction of sp³-hybridized carbons (Fsp3) is 0.680. The van der Waals surface area contributed by atoms with E-state index in [0.29, 0.717) is 37.9 Å². The summed E-state index contributed by atoms with van der Waals surface area (Å²) in [6.45, 7) is 5.42. The van der Waals surface area contributed by atoms with Gasteiger partial charge in [0.15, 0.2) is 0 Å². The summed E-state index contributed by atoms with van der Waals surface area (Å²) in [5, 5.41) is 0. The minimum absolute atomic E-state index is 0.0963.